The molecule has 15 N–H and O–H groups in total. The lowest BCUT2D eigenvalue weighted by molar-refractivity contribution is -0.138. The van der Waals surface area contributed by atoms with E-state index in [2.05, 4.69) is 36.6 Å². The summed E-state index contributed by atoms with van der Waals surface area (Å²) in [5.74, 6) is -6.08. The molecule has 0 aliphatic carbocycles. The largest absolute Gasteiger partial charge is 0.508 e. The molecule has 0 fully saturated rings. The maximum absolute atomic E-state index is 13.7. The summed E-state index contributed by atoms with van der Waals surface area (Å²) < 4.78 is 5.18. The molecular formula is C32H47N11O10. The van der Waals surface area contributed by atoms with Crippen LogP contribution in [0, 0.1) is 5.92 Å². The zero-order valence-corrected chi connectivity index (χ0v) is 29.3. The number of hydrogen-bond acceptors (Lipinski definition) is 11. The fourth-order valence-electron chi connectivity index (χ4n) is 4.81. The van der Waals surface area contributed by atoms with Crippen LogP contribution in [0.3, 0.4) is 0 Å². The number of rotatable bonds is 21. The van der Waals surface area contributed by atoms with Crippen LogP contribution < -0.4 is 55.1 Å². The molecule has 1 aromatic heterocycles. The molecular weight excluding hydrogens is 698 g/mol. The van der Waals surface area contributed by atoms with E-state index in [1.807, 2.05) is 0 Å². The number of benzene rings is 1. The van der Waals surface area contributed by atoms with E-state index in [4.69, 9.17) is 32.5 Å². The number of aliphatic carboxylic acids is 1. The maximum atomic E-state index is 13.7. The number of carboxylic acid groups (broad SMARTS) is 1. The number of aliphatic imine (C=N–C) groups is 2. The van der Waals surface area contributed by atoms with Crippen molar-refractivity contribution in [1.82, 2.24) is 26.6 Å². The minimum Gasteiger partial charge on any atom is -0.508 e. The SMILES string of the molecule is CC(C)C[C@H](NC(=O)[C@H](CCCN=C(N)N)NC(=O)c1cc2ccc(O)cc2oc1=O)C(=O)N[C@@H](CCCN=C(N)N)C(=O)NCC(=O)NCC(=O)O. The highest BCUT2D eigenvalue weighted by Gasteiger charge is 2.31. The van der Waals surface area contributed by atoms with Gasteiger partial charge in [-0.25, -0.2) is 4.79 Å². The minimum atomic E-state index is -1.31. The number of guanidine groups is 2. The van der Waals surface area contributed by atoms with Crippen molar-refractivity contribution in [3.63, 3.8) is 0 Å². The fourth-order valence-corrected chi connectivity index (χ4v) is 4.81. The van der Waals surface area contributed by atoms with Gasteiger partial charge in [-0.15, -0.1) is 0 Å². The van der Waals surface area contributed by atoms with Gasteiger partial charge in [0.2, 0.25) is 23.6 Å². The van der Waals surface area contributed by atoms with Crippen molar-refractivity contribution in [1.29, 1.82) is 0 Å². The van der Waals surface area contributed by atoms with Gasteiger partial charge >= 0.3 is 11.6 Å². The van der Waals surface area contributed by atoms with Gasteiger partial charge in [0.15, 0.2) is 11.9 Å². The summed E-state index contributed by atoms with van der Waals surface area (Å²) in [7, 11) is 0. The van der Waals surface area contributed by atoms with Crippen LogP contribution >= 0.6 is 0 Å². The Labute approximate surface area is 303 Å². The predicted molar refractivity (Wildman–Crippen MR) is 192 cm³/mol. The molecule has 0 saturated carbocycles. The zero-order valence-electron chi connectivity index (χ0n) is 29.3. The molecule has 0 aliphatic rings. The third-order valence-electron chi connectivity index (χ3n) is 7.31. The van der Waals surface area contributed by atoms with Gasteiger partial charge < -0.3 is 64.1 Å². The number of phenols is 1. The van der Waals surface area contributed by atoms with E-state index in [9.17, 15) is 38.7 Å². The summed E-state index contributed by atoms with van der Waals surface area (Å²) >= 11 is 0. The van der Waals surface area contributed by atoms with E-state index in [1.54, 1.807) is 13.8 Å². The second kappa shape index (κ2) is 21.1. The molecule has 0 bridgehead atoms. The third-order valence-corrected chi connectivity index (χ3v) is 7.31. The first-order valence-electron chi connectivity index (χ1n) is 16.5. The summed E-state index contributed by atoms with van der Waals surface area (Å²) in [6.07, 6.45) is 0.479. The molecule has 3 atom stereocenters. The molecule has 0 radical (unpaired) electrons. The van der Waals surface area contributed by atoms with Gasteiger partial charge in [0.05, 0.1) is 6.54 Å². The van der Waals surface area contributed by atoms with Crippen molar-refractivity contribution in [2.24, 2.45) is 38.8 Å². The first-order chi connectivity index (χ1) is 25.0. The molecule has 5 amide bonds. The topological polar surface area (TPSA) is 362 Å². The Morgan fingerprint density at radius 1 is 0.774 bits per heavy atom. The molecule has 2 aromatic rings. The van der Waals surface area contributed by atoms with E-state index in [0.29, 0.717) is 5.39 Å². The number of nitrogens with zero attached hydrogens (tertiary/aromatic N) is 2. The van der Waals surface area contributed by atoms with Crippen molar-refractivity contribution in [2.75, 3.05) is 26.2 Å². The quantitative estimate of drug-likeness (QED) is 0.0263. The van der Waals surface area contributed by atoms with Crippen LogP contribution in [0.5, 0.6) is 5.75 Å². The Morgan fingerprint density at radius 2 is 1.34 bits per heavy atom. The van der Waals surface area contributed by atoms with Crippen molar-refractivity contribution in [2.45, 2.75) is 64.1 Å². The summed E-state index contributed by atoms with van der Waals surface area (Å²) in [6.45, 7) is 2.51. The monoisotopic (exact) mass is 745 g/mol. The number of amides is 5. The molecule has 0 spiro atoms. The highest BCUT2D eigenvalue weighted by molar-refractivity contribution is 6.00. The predicted octanol–water partition coefficient (Wildman–Crippen LogP) is -2.96. The van der Waals surface area contributed by atoms with Gasteiger partial charge in [-0.05, 0) is 56.2 Å². The molecule has 290 valence electrons. The second-order valence-electron chi connectivity index (χ2n) is 12.2. The molecule has 1 heterocycles. The van der Waals surface area contributed by atoms with Gasteiger partial charge in [0, 0.05) is 24.5 Å². The average Bonchev–Trinajstić information content (AvgIpc) is 3.07. The molecule has 1 aromatic carbocycles. The molecule has 21 nitrogen and oxygen atoms in total. The Bertz CT molecular complexity index is 1750. The number of carbonyl (C=O) groups is 6. The first kappa shape index (κ1) is 42.8. The minimum absolute atomic E-state index is 0.00484. The Morgan fingerprint density at radius 3 is 1.91 bits per heavy atom. The highest BCUT2D eigenvalue weighted by Crippen LogP contribution is 2.19. The lowest BCUT2D eigenvalue weighted by atomic mass is 10.0. The number of phenolic OH excluding ortho intramolecular Hbond substituents is 1. The van der Waals surface area contributed by atoms with E-state index in [1.165, 1.54) is 24.3 Å². The molecule has 21 heteroatoms. The Balaban J connectivity index is 2.30. The third kappa shape index (κ3) is 15.6. The number of nitrogens with two attached hydrogens (primary N) is 4. The van der Waals surface area contributed by atoms with Crippen LogP contribution in [0.1, 0.15) is 56.3 Å². The summed E-state index contributed by atoms with van der Waals surface area (Å²) in [5.41, 5.74) is 20.1. The van der Waals surface area contributed by atoms with Gasteiger partial charge in [0.25, 0.3) is 5.91 Å². The van der Waals surface area contributed by atoms with Gasteiger partial charge in [-0.1, -0.05) is 13.8 Å². The van der Waals surface area contributed by atoms with Crippen LogP contribution in [0.2, 0.25) is 0 Å². The van der Waals surface area contributed by atoms with Crippen molar-refractivity contribution >= 4 is 58.4 Å². The van der Waals surface area contributed by atoms with Crippen LogP contribution in [-0.2, 0) is 24.0 Å². The van der Waals surface area contributed by atoms with Crippen LogP contribution in [0.25, 0.3) is 11.0 Å². The van der Waals surface area contributed by atoms with E-state index in [-0.39, 0.29) is 74.4 Å². The molecule has 53 heavy (non-hydrogen) atoms. The molecule has 0 aliphatic heterocycles. The van der Waals surface area contributed by atoms with Crippen LogP contribution in [0.15, 0.2) is 43.5 Å². The number of carboxylic acids is 1. The van der Waals surface area contributed by atoms with Crippen molar-refractivity contribution in [3.05, 3.63) is 40.2 Å². The van der Waals surface area contributed by atoms with Gasteiger partial charge in [-0.3, -0.25) is 38.8 Å². The number of fused-ring (bicyclic) bond motifs is 1. The maximum Gasteiger partial charge on any atom is 0.349 e. The normalized spacial score (nSPS) is 12.4. The Hall–Kier alpha value is -6.41. The van der Waals surface area contributed by atoms with Crippen molar-refractivity contribution < 1.29 is 43.4 Å². The van der Waals surface area contributed by atoms with E-state index in [0.717, 1.165) is 0 Å². The lowest BCUT2D eigenvalue weighted by Gasteiger charge is -2.26. The number of nitrogens with one attached hydrogen (secondary N) is 5. The smallest absolute Gasteiger partial charge is 0.349 e. The fraction of sp³-hybridized carbons (Fsp3) is 0.469. The first-order valence-corrected chi connectivity index (χ1v) is 16.5. The van der Waals surface area contributed by atoms with Crippen LogP contribution in [-0.4, -0.2) is 102 Å². The second-order valence-corrected chi connectivity index (χ2v) is 12.2. The van der Waals surface area contributed by atoms with Crippen molar-refractivity contribution in [3.8, 4) is 5.75 Å². The summed E-state index contributed by atoms with van der Waals surface area (Å²) in [6, 6.07) is 1.44. The van der Waals surface area contributed by atoms with Crippen LogP contribution in [0.4, 0.5) is 0 Å². The highest BCUT2D eigenvalue weighted by atomic mass is 16.4. The lowest BCUT2D eigenvalue weighted by Crippen LogP contribution is -2.57. The van der Waals surface area contributed by atoms with Gasteiger partial charge in [0.1, 0.15) is 41.6 Å². The number of aromatic hydroxyl groups is 1. The van der Waals surface area contributed by atoms with E-state index < -0.39 is 77.9 Å². The average molecular weight is 746 g/mol. The zero-order chi connectivity index (χ0) is 39.7. The Kier molecular flexibility index (Phi) is 17.0. The number of carbonyl (C=O) groups excluding carboxylic acids is 5. The van der Waals surface area contributed by atoms with E-state index >= 15 is 0 Å². The molecule has 0 unspecified atom stereocenters. The standard InChI is InChI=1S/C32H47N11O10/c1-16(2)11-22(29(51)42-20(5-3-9-37-31(33)34)27(49)40-14-24(45)39-15-25(46)47)43-28(50)21(6-4-10-38-32(35)36)41-26(48)19-12-17-7-8-18(44)13-23(17)53-30(19)52/h7-8,12-13,16,20-22,44H,3-6,9-11,14-15H2,1-2H3,(H,39,45)(H,40,49)(H,41,48)(H,42,51)(H,43,50)(H,46,47)(H4,33,34,37)(H4,35,36,38)/t20-,21-,22-/m0/s1. The molecule has 0 saturated heterocycles. The summed E-state index contributed by atoms with van der Waals surface area (Å²) in [4.78, 5) is 96.9. The number of hydrogen-bond donors (Lipinski definition) is 11. The summed E-state index contributed by atoms with van der Waals surface area (Å²) in [5, 5.41) is 30.9. The molecule has 2 rings (SSSR count). The van der Waals surface area contributed by atoms with Gasteiger partial charge in [-0.2, -0.15) is 0 Å².